The third-order valence-corrected chi connectivity index (χ3v) is 7.78. The van der Waals surface area contributed by atoms with E-state index < -0.39 is 11.5 Å². The number of carbonyl (C=O) groups excluding carboxylic acids is 1. The first-order chi connectivity index (χ1) is 17.3. The van der Waals surface area contributed by atoms with E-state index in [2.05, 4.69) is 4.98 Å². The number of fused-ring (bicyclic) bond motifs is 2. The first kappa shape index (κ1) is 22.6. The van der Waals surface area contributed by atoms with E-state index in [4.69, 9.17) is 10.7 Å². The number of piperidine rings is 1. The van der Waals surface area contributed by atoms with Crippen LogP contribution in [0, 0.1) is 5.82 Å². The van der Waals surface area contributed by atoms with Crippen molar-refractivity contribution in [1.82, 2.24) is 19.3 Å². The Morgan fingerprint density at radius 3 is 2.67 bits per heavy atom. The van der Waals surface area contributed by atoms with E-state index in [1.807, 2.05) is 15.4 Å². The van der Waals surface area contributed by atoms with Crippen LogP contribution in [0.1, 0.15) is 55.5 Å². The maximum Gasteiger partial charge on any atom is 0.222 e. The van der Waals surface area contributed by atoms with Crippen LogP contribution in [-0.4, -0.2) is 37.8 Å². The summed E-state index contributed by atoms with van der Waals surface area (Å²) in [6, 6.07) is 13.4. The van der Waals surface area contributed by atoms with Gasteiger partial charge in [0.25, 0.3) is 0 Å². The summed E-state index contributed by atoms with van der Waals surface area (Å²) in [5.41, 5.74) is 6.18. The van der Waals surface area contributed by atoms with Crippen molar-refractivity contribution in [3.63, 3.8) is 0 Å². The Hall–Kier alpha value is -3.81. The van der Waals surface area contributed by atoms with Gasteiger partial charge in [0.1, 0.15) is 28.7 Å². The Morgan fingerprint density at radius 1 is 1.08 bits per heavy atom. The second-order valence-corrected chi connectivity index (χ2v) is 9.93. The summed E-state index contributed by atoms with van der Waals surface area (Å²) < 4.78 is 33.2. The Bertz CT molecular complexity index is 1470. The molecule has 2 saturated heterocycles. The molecule has 3 atom stereocenters. The SMILES string of the molecule is CC(F)(c1ccccc1)c1ccc(-c2nc([C@@H]3CC[C@H]4CCC(=O)N4C3)n3ccnc(N)c23)c(F)c1. The Balaban J connectivity index is 1.42. The maximum absolute atomic E-state index is 15.7. The molecule has 2 aliphatic heterocycles. The third kappa shape index (κ3) is 3.54. The maximum atomic E-state index is 15.7. The van der Waals surface area contributed by atoms with Crippen molar-refractivity contribution in [2.24, 2.45) is 0 Å². The van der Waals surface area contributed by atoms with Crippen molar-refractivity contribution < 1.29 is 13.6 Å². The van der Waals surface area contributed by atoms with Crippen LogP contribution >= 0.6 is 0 Å². The van der Waals surface area contributed by atoms with Gasteiger partial charge in [-0.2, -0.15) is 0 Å². The van der Waals surface area contributed by atoms with Crippen LogP contribution in [0.5, 0.6) is 0 Å². The van der Waals surface area contributed by atoms with Crippen LogP contribution in [0.15, 0.2) is 60.9 Å². The Kier molecular flexibility index (Phi) is 5.28. The number of imidazole rings is 1. The third-order valence-electron chi connectivity index (χ3n) is 7.78. The van der Waals surface area contributed by atoms with Crippen molar-refractivity contribution in [2.75, 3.05) is 12.3 Å². The van der Waals surface area contributed by atoms with Crippen molar-refractivity contribution in [3.8, 4) is 11.3 Å². The number of amides is 1. The number of aromatic nitrogens is 3. The van der Waals surface area contributed by atoms with Crippen molar-refractivity contribution in [2.45, 2.75) is 50.2 Å². The minimum atomic E-state index is -1.86. The van der Waals surface area contributed by atoms with Crippen LogP contribution in [0.4, 0.5) is 14.6 Å². The summed E-state index contributed by atoms with van der Waals surface area (Å²) in [7, 11) is 0. The van der Waals surface area contributed by atoms with Crippen molar-refractivity contribution in [3.05, 3.63) is 83.7 Å². The molecule has 2 aliphatic rings. The molecule has 0 spiro atoms. The molecule has 0 bridgehead atoms. The molecule has 1 unspecified atom stereocenters. The first-order valence-corrected chi connectivity index (χ1v) is 12.3. The average Bonchev–Trinajstić information content (AvgIpc) is 3.46. The molecule has 6 rings (SSSR count). The van der Waals surface area contributed by atoms with Gasteiger partial charge < -0.3 is 10.6 Å². The van der Waals surface area contributed by atoms with E-state index in [0.717, 1.165) is 25.1 Å². The molecule has 36 heavy (non-hydrogen) atoms. The van der Waals surface area contributed by atoms with Crippen LogP contribution in [-0.2, 0) is 10.5 Å². The lowest BCUT2D eigenvalue weighted by atomic mass is 9.89. The molecule has 1 amide bonds. The molecule has 0 saturated carbocycles. The van der Waals surface area contributed by atoms with E-state index in [0.29, 0.717) is 35.8 Å². The van der Waals surface area contributed by atoms with E-state index in [1.54, 1.807) is 48.8 Å². The zero-order valence-corrected chi connectivity index (χ0v) is 20.0. The molecule has 2 aromatic carbocycles. The van der Waals surface area contributed by atoms with Crippen molar-refractivity contribution in [1.29, 1.82) is 0 Å². The van der Waals surface area contributed by atoms with Crippen LogP contribution in [0.2, 0.25) is 0 Å². The van der Waals surface area contributed by atoms with Gasteiger partial charge in [0, 0.05) is 42.9 Å². The summed E-state index contributed by atoms with van der Waals surface area (Å²) in [5.74, 6) is 0.568. The van der Waals surface area contributed by atoms with Gasteiger partial charge in [0.05, 0.1) is 0 Å². The molecule has 2 N–H and O–H groups in total. The largest absolute Gasteiger partial charge is 0.382 e. The fraction of sp³-hybridized carbons (Fsp3) is 0.321. The molecular weight excluding hydrogens is 460 g/mol. The lowest BCUT2D eigenvalue weighted by Crippen LogP contribution is -2.41. The van der Waals surface area contributed by atoms with E-state index in [1.165, 1.54) is 13.0 Å². The molecule has 2 fully saturated rings. The molecule has 4 aromatic rings. The highest BCUT2D eigenvalue weighted by Crippen LogP contribution is 2.40. The van der Waals surface area contributed by atoms with Gasteiger partial charge in [-0.1, -0.05) is 36.4 Å². The second-order valence-electron chi connectivity index (χ2n) is 9.93. The van der Waals surface area contributed by atoms with E-state index >= 15 is 8.78 Å². The highest BCUT2D eigenvalue weighted by molar-refractivity contribution is 5.86. The monoisotopic (exact) mass is 487 g/mol. The van der Waals surface area contributed by atoms with Gasteiger partial charge in [0.2, 0.25) is 5.91 Å². The molecule has 8 heteroatoms. The van der Waals surface area contributed by atoms with Gasteiger partial charge in [0.15, 0.2) is 5.67 Å². The fourth-order valence-electron chi connectivity index (χ4n) is 5.76. The van der Waals surface area contributed by atoms with Crippen molar-refractivity contribution >= 4 is 17.2 Å². The number of rotatable bonds is 4. The van der Waals surface area contributed by atoms with E-state index in [9.17, 15) is 4.79 Å². The normalized spacial score (nSPS) is 21.5. The van der Waals surface area contributed by atoms with Gasteiger partial charge in [-0.25, -0.2) is 18.7 Å². The molecule has 0 radical (unpaired) electrons. The molecule has 184 valence electrons. The van der Waals surface area contributed by atoms with E-state index in [-0.39, 0.29) is 28.8 Å². The highest BCUT2D eigenvalue weighted by Gasteiger charge is 2.38. The van der Waals surface area contributed by atoms with Gasteiger partial charge in [-0.15, -0.1) is 0 Å². The topological polar surface area (TPSA) is 76.5 Å². The minimum Gasteiger partial charge on any atom is -0.382 e. The number of hydrogen-bond acceptors (Lipinski definition) is 4. The number of benzene rings is 2. The number of halogens is 2. The number of nitrogens with two attached hydrogens (primary N) is 1. The molecule has 2 aromatic heterocycles. The van der Waals surface area contributed by atoms with Gasteiger partial charge in [-0.3, -0.25) is 9.20 Å². The van der Waals surface area contributed by atoms with Crippen LogP contribution in [0.3, 0.4) is 0 Å². The average molecular weight is 488 g/mol. The fourth-order valence-corrected chi connectivity index (χ4v) is 5.76. The quantitative estimate of drug-likeness (QED) is 0.428. The number of carbonyl (C=O) groups is 1. The number of alkyl halides is 1. The summed E-state index contributed by atoms with van der Waals surface area (Å²) in [6.45, 7) is 2.02. The molecular formula is C28H27F2N5O. The predicted molar refractivity (Wildman–Crippen MR) is 134 cm³/mol. The van der Waals surface area contributed by atoms with Gasteiger partial charge >= 0.3 is 0 Å². The second kappa shape index (κ2) is 8.40. The Morgan fingerprint density at radius 2 is 1.89 bits per heavy atom. The number of nitrogen functional groups attached to an aromatic ring is 1. The van der Waals surface area contributed by atoms with Gasteiger partial charge in [-0.05, 0) is 49.4 Å². The standard InChI is InChI=1S/C28H27F2N5O/c1-28(30,18-5-3-2-4-6-18)19-8-11-21(22(29)15-19)24-25-26(31)32-13-14-34(25)27(33-24)17-7-9-20-10-12-23(36)35(20)16-17/h2-6,8,11,13-15,17,20H,7,9-10,12,16H2,1H3,(H2,31,32)/t17-,20+,28?/m1/s1. The Labute approximate surface area is 207 Å². The smallest absolute Gasteiger partial charge is 0.222 e. The summed E-state index contributed by atoms with van der Waals surface area (Å²) in [5, 5.41) is 0. The summed E-state index contributed by atoms with van der Waals surface area (Å²) >= 11 is 0. The predicted octanol–water partition coefficient (Wildman–Crippen LogP) is 5.22. The molecule has 6 nitrogen and oxygen atoms in total. The zero-order chi connectivity index (χ0) is 25.0. The van der Waals surface area contributed by atoms with Crippen LogP contribution < -0.4 is 5.73 Å². The lowest BCUT2D eigenvalue weighted by Gasteiger charge is -2.34. The number of hydrogen-bond donors (Lipinski definition) is 1. The minimum absolute atomic E-state index is 0.000832. The highest BCUT2D eigenvalue weighted by atomic mass is 19.1. The van der Waals surface area contributed by atoms with Crippen LogP contribution in [0.25, 0.3) is 16.8 Å². The molecule has 0 aliphatic carbocycles. The number of nitrogens with zero attached hydrogens (tertiary/aromatic N) is 4. The zero-order valence-electron chi connectivity index (χ0n) is 20.0. The summed E-state index contributed by atoms with van der Waals surface area (Å²) in [4.78, 5) is 23.4. The number of anilines is 1. The first-order valence-electron chi connectivity index (χ1n) is 12.3. The molecule has 4 heterocycles. The lowest BCUT2D eigenvalue weighted by molar-refractivity contribution is -0.130. The summed E-state index contributed by atoms with van der Waals surface area (Å²) in [6.07, 6.45) is 6.67.